The van der Waals surface area contributed by atoms with Crippen LogP contribution >= 0.6 is 27.3 Å². The highest BCUT2D eigenvalue weighted by molar-refractivity contribution is 9.11. The molecule has 0 amide bonds. The Morgan fingerprint density at radius 2 is 2.00 bits per heavy atom. The van der Waals surface area contributed by atoms with Crippen LogP contribution in [0.4, 0.5) is 4.39 Å². The van der Waals surface area contributed by atoms with E-state index in [2.05, 4.69) is 28.1 Å². The smallest absolute Gasteiger partial charge is 0.213 e. The summed E-state index contributed by atoms with van der Waals surface area (Å²) in [6, 6.07) is 18.8. The summed E-state index contributed by atoms with van der Waals surface area (Å²) in [5.74, 6) is 0.568. The van der Waals surface area contributed by atoms with Crippen molar-refractivity contribution in [3.8, 4) is 5.75 Å². The first-order chi connectivity index (χ1) is 12.7. The molecule has 0 fully saturated rings. The minimum atomic E-state index is -0.438. The third-order valence-corrected chi connectivity index (χ3v) is 6.36. The summed E-state index contributed by atoms with van der Waals surface area (Å²) >= 11 is 5.19. The summed E-state index contributed by atoms with van der Waals surface area (Å²) in [4.78, 5) is 1.14. The number of nitrogens with zero attached hydrogens (tertiary/aromatic N) is 2. The molecule has 0 bridgehead atoms. The lowest BCUT2D eigenvalue weighted by atomic mass is 9.98. The first-order valence-electron chi connectivity index (χ1n) is 8.31. The SMILES string of the molecule is Fc1cccc([C@@H]2Oc3ccccc3[C@@H]3CC(c4ccc(Br)s4)=NN32)c1. The normalized spacial score (nSPS) is 21.0. The Bertz CT molecular complexity index is 1020. The molecule has 2 aliphatic heterocycles. The largest absolute Gasteiger partial charge is 0.464 e. The minimum absolute atomic E-state index is 0.0871. The first-order valence-corrected chi connectivity index (χ1v) is 9.92. The summed E-state index contributed by atoms with van der Waals surface area (Å²) in [5, 5.41) is 6.84. The van der Waals surface area contributed by atoms with Crippen molar-refractivity contribution in [3.05, 3.63) is 86.3 Å². The Morgan fingerprint density at radius 3 is 2.81 bits per heavy atom. The molecule has 2 aliphatic rings. The molecule has 1 aromatic heterocycles. The van der Waals surface area contributed by atoms with Gasteiger partial charge in [-0.3, -0.25) is 0 Å². The van der Waals surface area contributed by atoms with Crippen molar-refractivity contribution in [2.75, 3.05) is 0 Å². The summed E-state index contributed by atoms with van der Waals surface area (Å²) in [5.41, 5.74) is 2.92. The van der Waals surface area contributed by atoms with Gasteiger partial charge in [0.25, 0.3) is 0 Å². The van der Waals surface area contributed by atoms with Crippen molar-refractivity contribution in [1.82, 2.24) is 5.01 Å². The second kappa shape index (κ2) is 6.21. The maximum absolute atomic E-state index is 13.8. The summed E-state index contributed by atoms with van der Waals surface area (Å²) in [6.45, 7) is 0. The highest BCUT2D eigenvalue weighted by Crippen LogP contribution is 2.47. The zero-order valence-electron chi connectivity index (χ0n) is 13.6. The van der Waals surface area contributed by atoms with Gasteiger partial charge in [0, 0.05) is 17.5 Å². The lowest BCUT2D eigenvalue weighted by Gasteiger charge is -2.38. The van der Waals surface area contributed by atoms with Crippen LogP contribution in [0.3, 0.4) is 0 Å². The fraction of sp³-hybridized carbons (Fsp3) is 0.150. The number of fused-ring (bicyclic) bond motifs is 3. The Balaban J connectivity index is 1.61. The number of hydrogen-bond acceptors (Lipinski definition) is 4. The quantitative estimate of drug-likeness (QED) is 0.507. The van der Waals surface area contributed by atoms with E-state index in [0.717, 1.165) is 37.7 Å². The molecule has 0 aliphatic carbocycles. The van der Waals surface area contributed by atoms with E-state index in [0.29, 0.717) is 0 Å². The second-order valence-corrected chi connectivity index (χ2v) is 8.78. The van der Waals surface area contributed by atoms with Crippen LogP contribution in [-0.4, -0.2) is 10.7 Å². The highest BCUT2D eigenvalue weighted by atomic mass is 79.9. The molecule has 3 heterocycles. The summed E-state index contributed by atoms with van der Waals surface area (Å²) in [7, 11) is 0. The zero-order valence-corrected chi connectivity index (χ0v) is 16.0. The van der Waals surface area contributed by atoms with Gasteiger partial charge in [0.2, 0.25) is 6.23 Å². The first kappa shape index (κ1) is 16.0. The van der Waals surface area contributed by atoms with Crippen LogP contribution in [0.25, 0.3) is 0 Å². The van der Waals surface area contributed by atoms with Gasteiger partial charge in [0.15, 0.2) is 0 Å². The van der Waals surface area contributed by atoms with Gasteiger partial charge in [-0.25, -0.2) is 9.40 Å². The van der Waals surface area contributed by atoms with Gasteiger partial charge >= 0.3 is 0 Å². The summed E-state index contributed by atoms with van der Waals surface area (Å²) < 4.78 is 21.1. The van der Waals surface area contributed by atoms with Crippen LogP contribution in [0.1, 0.15) is 34.7 Å². The molecule has 5 rings (SSSR count). The van der Waals surface area contributed by atoms with Crippen molar-refractivity contribution in [2.24, 2.45) is 5.10 Å². The van der Waals surface area contributed by atoms with E-state index in [1.54, 1.807) is 17.4 Å². The number of hydrogen-bond donors (Lipinski definition) is 0. The van der Waals surface area contributed by atoms with Gasteiger partial charge in [0.1, 0.15) is 11.6 Å². The molecule has 130 valence electrons. The number of thiophene rings is 1. The van der Waals surface area contributed by atoms with E-state index < -0.39 is 6.23 Å². The molecule has 6 heteroatoms. The monoisotopic (exact) mass is 428 g/mol. The molecule has 26 heavy (non-hydrogen) atoms. The average molecular weight is 429 g/mol. The van der Waals surface area contributed by atoms with Crippen LogP contribution in [0.5, 0.6) is 5.75 Å². The van der Waals surface area contributed by atoms with Crippen LogP contribution in [0.15, 0.2) is 69.6 Å². The van der Waals surface area contributed by atoms with Gasteiger partial charge in [-0.15, -0.1) is 11.3 Å². The van der Waals surface area contributed by atoms with Crippen LogP contribution in [0.2, 0.25) is 0 Å². The number of halogens is 2. The van der Waals surface area contributed by atoms with E-state index in [1.807, 2.05) is 35.3 Å². The molecule has 0 spiro atoms. The fourth-order valence-electron chi connectivity index (χ4n) is 3.53. The van der Waals surface area contributed by atoms with Gasteiger partial charge in [0.05, 0.1) is 20.4 Å². The van der Waals surface area contributed by atoms with E-state index in [1.165, 1.54) is 12.1 Å². The molecule has 0 saturated carbocycles. The second-order valence-electron chi connectivity index (χ2n) is 6.31. The number of hydrazone groups is 1. The number of benzene rings is 2. The molecule has 2 atom stereocenters. The number of rotatable bonds is 2. The van der Waals surface area contributed by atoms with E-state index >= 15 is 0 Å². The van der Waals surface area contributed by atoms with Crippen molar-refractivity contribution in [1.29, 1.82) is 0 Å². The fourth-order valence-corrected chi connectivity index (χ4v) is 4.91. The van der Waals surface area contributed by atoms with E-state index in [9.17, 15) is 4.39 Å². The average Bonchev–Trinajstić information content (AvgIpc) is 3.27. The van der Waals surface area contributed by atoms with E-state index in [4.69, 9.17) is 9.84 Å². The van der Waals surface area contributed by atoms with Crippen molar-refractivity contribution in [3.63, 3.8) is 0 Å². The van der Waals surface area contributed by atoms with Gasteiger partial charge < -0.3 is 4.74 Å². The number of ether oxygens (including phenoxy) is 1. The lowest BCUT2D eigenvalue weighted by molar-refractivity contribution is -0.0192. The lowest BCUT2D eigenvalue weighted by Crippen LogP contribution is -2.33. The van der Waals surface area contributed by atoms with Crippen molar-refractivity contribution >= 4 is 33.0 Å². The Kier molecular flexibility index (Phi) is 3.83. The molecular weight excluding hydrogens is 415 g/mol. The van der Waals surface area contributed by atoms with Crippen molar-refractivity contribution < 1.29 is 9.13 Å². The molecule has 0 unspecified atom stereocenters. The van der Waals surface area contributed by atoms with Gasteiger partial charge in [-0.1, -0.05) is 30.3 Å². The topological polar surface area (TPSA) is 24.8 Å². The molecule has 0 N–H and O–H groups in total. The predicted octanol–water partition coefficient (Wildman–Crippen LogP) is 5.89. The molecule has 3 aromatic rings. The zero-order chi connectivity index (χ0) is 17.7. The van der Waals surface area contributed by atoms with Gasteiger partial charge in [-0.2, -0.15) is 5.10 Å². The Hall–Kier alpha value is -2.18. The van der Waals surface area contributed by atoms with Crippen LogP contribution < -0.4 is 4.74 Å². The van der Waals surface area contributed by atoms with Crippen molar-refractivity contribution in [2.45, 2.75) is 18.7 Å². The number of para-hydroxylation sites is 1. The minimum Gasteiger partial charge on any atom is -0.464 e. The molecule has 3 nitrogen and oxygen atoms in total. The third-order valence-electron chi connectivity index (χ3n) is 4.69. The molecular formula is C20H14BrFN2OS. The highest BCUT2D eigenvalue weighted by Gasteiger charge is 2.41. The standard InChI is InChI=1S/C20H14BrFN2OS/c21-19-9-8-18(26-19)15-11-16-14-6-1-2-7-17(14)25-20(24(16)23-15)12-4-3-5-13(22)10-12/h1-10,16,20H,11H2/t16-,20-/m0/s1. The molecule has 0 radical (unpaired) electrons. The Morgan fingerprint density at radius 1 is 1.12 bits per heavy atom. The maximum Gasteiger partial charge on any atom is 0.213 e. The van der Waals surface area contributed by atoms with E-state index in [-0.39, 0.29) is 11.9 Å². The molecule has 0 saturated heterocycles. The predicted molar refractivity (Wildman–Crippen MR) is 104 cm³/mol. The van der Waals surface area contributed by atoms with Gasteiger partial charge in [-0.05, 0) is 46.3 Å². The van der Waals surface area contributed by atoms with Crippen LogP contribution in [-0.2, 0) is 0 Å². The molecule has 2 aromatic carbocycles. The maximum atomic E-state index is 13.8. The summed E-state index contributed by atoms with van der Waals surface area (Å²) in [6.07, 6.45) is 0.366. The third kappa shape index (κ3) is 2.64. The van der Waals surface area contributed by atoms with Crippen LogP contribution in [0, 0.1) is 5.82 Å². The Labute approximate surface area is 162 Å².